The second-order valence-electron chi connectivity index (χ2n) is 7.30. The number of para-hydroxylation sites is 2. The highest BCUT2D eigenvalue weighted by Crippen LogP contribution is 2.29. The number of esters is 1. The molecule has 0 fully saturated rings. The van der Waals surface area contributed by atoms with E-state index in [1.165, 1.54) is 37.6 Å². The fourth-order valence-corrected chi connectivity index (χ4v) is 4.63. The largest absolute Gasteiger partial charge is 0.482 e. The molecule has 0 heterocycles. The number of hydrazone groups is 1. The Morgan fingerprint density at radius 3 is 2.32 bits per heavy atom. The SMILES string of the molecule is COC(=O)COc1ccc(/C=N\NC(=O)CN(c2ccccc2)S(=O)(=O)c2ccccc2[N+](=O)[O-])cc1. The summed E-state index contributed by atoms with van der Waals surface area (Å²) in [6.45, 7) is -0.928. The molecule has 3 rings (SSSR count). The van der Waals surface area contributed by atoms with Crippen LogP contribution in [0.1, 0.15) is 5.56 Å². The number of anilines is 1. The van der Waals surface area contributed by atoms with Crippen LogP contribution in [0.15, 0.2) is 88.9 Å². The lowest BCUT2D eigenvalue weighted by Crippen LogP contribution is -2.39. The Hall–Kier alpha value is -4.78. The van der Waals surface area contributed by atoms with Gasteiger partial charge in [0.2, 0.25) is 0 Å². The van der Waals surface area contributed by atoms with E-state index < -0.39 is 44.0 Å². The van der Waals surface area contributed by atoms with Crippen molar-refractivity contribution >= 4 is 39.5 Å². The third-order valence-corrected chi connectivity index (χ3v) is 6.65. The van der Waals surface area contributed by atoms with Gasteiger partial charge >= 0.3 is 5.97 Å². The lowest BCUT2D eigenvalue weighted by Gasteiger charge is -2.23. The molecule has 13 heteroatoms. The Balaban J connectivity index is 1.74. The van der Waals surface area contributed by atoms with Gasteiger partial charge in [-0.2, -0.15) is 5.10 Å². The van der Waals surface area contributed by atoms with Crippen molar-refractivity contribution < 1.29 is 32.4 Å². The van der Waals surface area contributed by atoms with Gasteiger partial charge < -0.3 is 9.47 Å². The highest BCUT2D eigenvalue weighted by molar-refractivity contribution is 7.93. The predicted molar refractivity (Wildman–Crippen MR) is 134 cm³/mol. The maximum Gasteiger partial charge on any atom is 0.343 e. The Labute approximate surface area is 212 Å². The number of methoxy groups -OCH3 is 1. The normalized spacial score (nSPS) is 11.1. The van der Waals surface area contributed by atoms with Crippen LogP contribution in [0, 0.1) is 10.1 Å². The standard InChI is InChI=1S/C24H22N4O8S/c1-35-24(30)17-36-20-13-11-18(12-14-20)15-25-26-23(29)16-27(19-7-3-2-4-8-19)37(33,34)22-10-6-5-9-21(22)28(31)32/h2-15H,16-17H2,1H3,(H,26,29)/b25-15-. The van der Waals surface area contributed by atoms with Gasteiger partial charge in [-0.15, -0.1) is 0 Å². The number of sulfonamides is 1. The summed E-state index contributed by atoms with van der Waals surface area (Å²) >= 11 is 0. The zero-order valence-electron chi connectivity index (χ0n) is 19.5. The van der Waals surface area contributed by atoms with Crippen LogP contribution >= 0.6 is 0 Å². The zero-order valence-corrected chi connectivity index (χ0v) is 20.3. The summed E-state index contributed by atoms with van der Waals surface area (Å²) in [7, 11) is -3.24. The van der Waals surface area contributed by atoms with Crippen molar-refractivity contribution in [3.8, 4) is 5.75 Å². The van der Waals surface area contributed by atoms with Crippen LogP contribution in [-0.4, -0.2) is 51.7 Å². The topological polar surface area (TPSA) is 158 Å². The van der Waals surface area contributed by atoms with Gasteiger partial charge in [0, 0.05) is 6.07 Å². The van der Waals surface area contributed by atoms with E-state index >= 15 is 0 Å². The molecule has 0 atom stereocenters. The molecule has 0 aliphatic carbocycles. The molecule has 0 spiro atoms. The molecule has 0 aromatic heterocycles. The average molecular weight is 527 g/mol. The summed E-state index contributed by atoms with van der Waals surface area (Å²) in [5, 5.41) is 15.3. The molecule has 0 saturated carbocycles. The maximum absolute atomic E-state index is 13.4. The molecule has 3 aromatic rings. The molecular weight excluding hydrogens is 504 g/mol. The molecule has 1 N–H and O–H groups in total. The average Bonchev–Trinajstić information content (AvgIpc) is 2.91. The summed E-state index contributed by atoms with van der Waals surface area (Å²) < 4.78 is 37.3. The van der Waals surface area contributed by atoms with Crippen LogP contribution in [-0.2, 0) is 24.3 Å². The molecular formula is C24H22N4O8S. The third-order valence-electron chi connectivity index (χ3n) is 4.83. The minimum absolute atomic E-state index is 0.141. The number of carbonyl (C=O) groups is 2. The van der Waals surface area contributed by atoms with Gasteiger partial charge in [0.1, 0.15) is 12.3 Å². The van der Waals surface area contributed by atoms with Crippen molar-refractivity contribution in [2.24, 2.45) is 5.10 Å². The molecule has 192 valence electrons. The van der Waals surface area contributed by atoms with E-state index in [2.05, 4.69) is 15.3 Å². The molecule has 37 heavy (non-hydrogen) atoms. The van der Waals surface area contributed by atoms with E-state index in [1.54, 1.807) is 42.5 Å². The van der Waals surface area contributed by atoms with Gasteiger partial charge in [-0.05, 0) is 48.0 Å². The number of nitro groups is 1. The zero-order chi connectivity index (χ0) is 26.8. The van der Waals surface area contributed by atoms with Crippen LogP contribution < -0.4 is 14.5 Å². The summed E-state index contributed by atoms with van der Waals surface area (Å²) in [5.74, 6) is -0.882. The van der Waals surface area contributed by atoms with Crippen molar-refractivity contribution in [3.63, 3.8) is 0 Å². The van der Waals surface area contributed by atoms with Crippen molar-refractivity contribution in [2.45, 2.75) is 4.90 Å². The molecule has 3 aromatic carbocycles. The predicted octanol–water partition coefficient (Wildman–Crippen LogP) is 2.49. The number of carbonyl (C=O) groups excluding carboxylic acids is 2. The summed E-state index contributed by atoms with van der Waals surface area (Å²) in [6.07, 6.45) is 1.32. The Kier molecular flexibility index (Phi) is 8.89. The summed E-state index contributed by atoms with van der Waals surface area (Å²) in [4.78, 5) is 33.8. The first-order valence-corrected chi connectivity index (χ1v) is 12.1. The molecule has 0 unspecified atom stereocenters. The van der Waals surface area contributed by atoms with E-state index in [4.69, 9.17) is 4.74 Å². The van der Waals surface area contributed by atoms with E-state index in [0.29, 0.717) is 11.3 Å². The molecule has 12 nitrogen and oxygen atoms in total. The first kappa shape index (κ1) is 26.8. The van der Waals surface area contributed by atoms with Crippen LogP contribution in [0.25, 0.3) is 0 Å². The highest BCUT2D eigenvalue weighted by Gasteiger charge is 2.33. The monoisotopic (exact) mass is 526 g/mol. The van der Waals surface area contributed by atoms with Crippen LogP contribution in [0.4, 0.5) is 11.4 Å². The quantitative estimate of drug-likeness (QED) is 0.173. The lowest BCUT2D eigenvalue weighted by molar-refractivity contribution is -0.387. The Bertz CT molecular complexity index is 1390. The molecule has 0 bridgehead atoms. The number of nitro benzene ring substituents is 1. The Morgan fingerprint density at radius 2 is 1.68 bits per heavy atom. The first-order valence-electron chi connectivity index (χ1n) is 10.6. The van der Waals surface area contributed by atoms with Crippen LogP contribution in [0.5, 0.6) is 5.75 Å². The molecule has 1 amide bonds. The summed E-state index contributed by atoms with van der Waals surface area (Å²) in [5.41, 5.74) is 2.37. The fourth-order valence-electron chi connectivity index (χ4n) is 3.05. The number of hydrogen-bond donors (Lipinski definition) is 1. The number of ether oxygens (including phenoxy) is 2. The maximum atomic E-state index is 13.4. The van der Waals surface area contributed by atoms with E-state index in [0.717, 1.165) is 16.4 Å². The van der Waals surface area contributed by atoms with Gasteiger partial charge in [0.25, 0.3) is 21.6 Å². The van der Waals surface area contributed by atoms with Crippen molar-refractivity contribution in [3.05, 3.63) is 94.5 Å². The Morgan fingerprint density at radius 1 is 1.03 bits per heavy atom. The van der Waals surface area contributed by atoms with Gasteiger partial charge in [0.15, 0.2) is 11.5 Å². The minimum Gasteiger partial charge on any atom is -0.482 e. The second-order valence-corrected chi connectivity index (χ2v) is 9.13. The van der Waals surface area contributed by atoms with E-state index in [9.17, 15) is 28.1 Å². The number of benzene rings is 3. The van der Waals surface area contributed by atoms with Crippen molar-refractivity contribution in [2.75, 3.05) is 24.6 Å². The number of amides is 1. The van der Waals surface area contributed by atoms with Gasteiger partial charge in [-0.25, -0.2) is 18.6 Å². The number of rotatable bonds is 11. The molecule has 0 aliphatic heterocycles. The first-order chi connectivity index (χ1) is 17.7. The van der Waals surface area contributed by atoms with E-state index in [-0.39, 0.29) is 12.3 Å². The number of nitrogens with one attached hydrogen (secondary N) is 1. The van der Waals surface area contributed by atoms with Crippen molar-refractivity contribution in [1.29, 1.82) is 0 Å². The van der Waals surface area contributed by atoms with Crippen LogP contribution in [0.3, 0.4) is 0 Å². The second kappa shape index (κ2) is 12.3. The van der Waals surface area contributed by atoms with Gasteiger partial charge in [0.05, 0.1) is 23.9 Å². The molecule has 0 radical (unpaired) electrons. The fraction of sp³-hybridized carbons (Fsp3) is 0.125. The summed E-state index contributed by atoms with van der Waals surface area (Å²) in [6, 6.07) is 19.1. The van der Waals surface area contributed by atoms with Crippen LogP contribution in [0.2, 0.25) is 0 Å². The lowest BCUT2D eigenvalue weighted by atomic mass is 10.2. The van der Waals surface area contributed by atoms with E-state index in [1.807, 2.05) is 0 Å². The van der Waals surface area contributed by atoms with Gasteiger partial charge in [-0.1, -0.05) is 30.3 Å². The van der Waals surface area contributed by atoms with Gasteiger partial charge in [-0.3, -0.25) is 19.2 Å². The molecule has 0 aliphatic rings. The number of nitrogens with zero attached hydrogens (tertiary/aromatic N) is 3. The third kappa shape index (κ3) is 7.11. The smallest absolute Gasteiger partial charge is 0.343 e. The number of hydrogen-bond acceptors (Lipinski definition) is 9. The minimum atomic E-state index is -4.49. The highest BCUT2D eigenvalue weighted by atomic mass is 32.2. The molecule has 0 saturated heterocycles. The van der Waals surface area contributed by atoms with Crippen molar-refractivity contribution in [1.82, 2.24) is 5.43 Å².